The van der Waals surface area contributed by atoms with Crippen molar-refractivity contribution < 1.29 is 9.53 Å². The van der Waals surface area contributed by atoms with Crippen molar-refractivity contribution in [1.29, 1.82) is 0 Å². The number of aryl methyl sites for hydroxylation is 2. The van der Waals surface area contributed by atoms with Gasteiger partial charge in [-0.15, -0.1) is 0 Å². The number of carbonyl (C=O) groups excluding carboxylic acids is 1. The first-order valence-corrected chi connectivity index (χ1v) is 9.69. The first-order chi connectivity index (χ1) is 13.6. The average Bonchev–Trinajstić information content (AvgIpc) is 3.16. The molecule has 1 amide bonds. The van der Waals surface area contributed by atoms with Crippen molar-refractivity contribution in [2.75, 3.05) is 19.8 Å². The highest BCUT2D eigenvalue weighted by Gasteiger charge is 2.12. The van der Waals surface area contributed by atoms with Gasteiger partial charge in [-0.25, -0.2) is 9.50 Å². The molecule has 3 aromatic rings. The van der Waals surface area contributed by atoms with Crippen LogP contribution >= 0.6 is 0 Å². The van der Waals surface area contributed by atoms with Crippen LogP contribution in [0.25, 0.3) is 5.78 Å². The fraction of sp³-hybridized carbons (Fsp3) is 0.429. The summed E-state index contributed by atoms with van der Waals surface area (Å²) in [5.74, 6) is 0.636. The van der Waals surface area contributed by atoms with Crippen LogP contribution in [0.3, 0.4) is 0 Å². The Morgan fingerprint density at radius 3 is 2.79 bits per heavy atom. The first-order valence-electron chi connectivity index (χ1n) is 9.69. The number of aromatic nitrogens is 4. The van der Waals surface area contributed by atoms with E-state index >= 15 is 0 Å². The van der Waals surface area contributed by atoms with Gasteiger partial charge in [-0.2, -0.15) is 10.1 Å². The molecule has 1 N–H and O–H groups in total. The molecular formula is C21H27N5O2. The highest BCUT2D eigenvalue weighted by molar-refractivity contribution is 5.76. The minimum Gasteiger partial charge on any atom is -0.381 e. The van der Waals surface area contributed by atoms with E-state index in [-0.39, 0.29) is 5.91 Å². The molecule has 7 heteroatoms. The van der Waals surface area contributed by atoms with E-state index in [0.29, 0.717) is 38.4 Å². The Balaban J connectivity index is 1.32. The van der Waals surface area contributed by atoms with Crippen molar-refractivity contribution in [2.45, 2.75) is 39.5 Å². The molecule has 0 bridgehead atoms. The van der Waals surface area contributed by atoms with Crippen molar-refractivity contribution in [3.05, 3.63) is 59.2 Å². The zero-order valence-corrected chi connectivity index (χ0v) is 16.5. The van der Waals surface area contributed by atoms with Gasteiger partial charge in [-0.3, -0.25) is 4.79 Å². The van der Waals surface area contributed by atoms with Gasteiger partial charge in [0.25, 0.3) is 5.78 Å². The molecule has 2 heterocycles. The molecule has 148 valence electrons. The van der Waals surface area contributed by atoms with Gasteiger partial charge in [0.05, 0.1) is 6.61 Å². The van der Waals surface area contributed by atoms with Gasteiger partial charge in [-0.05, 0) is 44.2 Å². The number of benzene rings is 1. The minimum absolute atomic E-state index is 0.0433. The van der Waals surface area contributed by atoms with Gasteiger partial charge in [-0.1, -0.05) is 30.3 Å². The molecule has 0 unspecified atom stereocenters. The number of nitrogens with zero attached hydrogens (tertiary/aromatic N) is 4. The molecule has 1 aromatic carbocycles. The van der Waals surface area contributed by atoms with E-state index in [1.54, 1.807) is 4.52 Å². The van der Waals surface area contributed by atoms with Gasteiger partial charge in [0.2, 0.25) is 5.91 Å². The van der Waals surface area contributed by atoms with Gasteiger partial charge < -0.3 is 10.1 Å². The molecule has 0 atom stereocenters. The summed E-state index contributed by atoms with van der Waals surface area (Å²) in [6.45, 7) is 5.91. The second-order valence-corrected chi connectivity index (χ2v) is 6.78. The molecular weight excluding hydrogens is 354 g/mol. The van der Waals surface area contributed by atoms with Crippen LogP contribution < -0.4 is 5.32 Å². The Morgan fingerprint density at radius 1 is 1.14 bits per heavy atom. The van der Waals surface area contributed by atoms with E-state index in [9.17, 15) is 4.79 Å². The van der Waals surface area contributed by atoms with Gasteiger partial charge in [0, 0.05) is 31.0 Å². The fourth-order valence-electron chi connectivity index (χ4n) is 3.18. The minimum atomic E-state index is 0.0433. The molecule has 28 heavy (non-hydrogen) atoms. The molecule has 0 aliphatic heterocycles. The van der Waals surface area contributed by atoms with Crippen LogP contribution in [0.1, 0.15) is 35.4 Å². The number of hydrogen-bond donors (Lipinski definition) is 1. The summed E-state index contributed by atoms with van der Waals surface area (Å²) < 4.78 is 7.35. The predicted molar refractivity (Wildman–Crippen MR) is 107 cm³/mol. The summed E-state index contributed by atoms with van der Waals surface area (Å²) >= 11 is 0. The largest absolute Gasteiger partial charge is 0.381 e. The predicted octanol–water partition coefficient (Wildman–Crippen LogP) is 2.44. The lowest BCUT2D eigenvalue weighted by Gasteiger charge is -2.10. The summed E-state index contributed by atoms with van der Waals surface area (Å²) in [4.78, 5) is 20.7. The van der Waals surface area contributed by atoms with Crippen LogP contribution in [0.4, 0.5) is 0 Å². The fourth-order valence-corrected chi connectivity index (χ4v) is 3.18. The van der Waals surface area contributed by atoms with Crippen LogP contribution in [0, 0.1) is 13.8 Å². The van der Waals surface area contributed by atoms with E-state index in [0.717, 1.165) is 29.8 Å². The first kappa shape index (κ1) is 19.9. The molecule has 3 rings (SSSR count). The highest BCUT2D eigenvalue weighted by atomic mass is 16.5. The monoisotopic (exact) mass is 381 g/mol. The quantitative estimate of drug-likeness (QED) is 0.546. The SMILES string of the molecule is Cc1nc2ncnn2c(C)c1CCC(=O)NCCCOCCc1ccccc1. The Labute approximate surface area is 165 Å². The normalized spacial score (nSPS) is 11.1. The Morgan fingerprint density at radius 2 is 1.96 bits per heavy atom. The maximum atomic E-state index is 12.1. The van der Waals surface area contributed by atoms with Gasteiger partial charge in [0.15, 0.2) is 0 Å². The number of nitrogens with one attached hydrogen (secondary N) is 1. The third-order valence-corrected chi connectivity index (χ3v) is 4.76. The molecule has 0 aliphatic rings. The van der Waals surface area contributed by atoms with E-state index in [2.05, 4.69) is 32.5 Å². The number of ether oxygens (including phenoxy) is 1. The summed E-state index contributed by atoms with van der Waals surface area (Å²) in [6.07, 6.45) is 4.28. The Bertz CT molecular complexity index is 908. The number of amides is 1. The second kappa shape index (κ2) is 9.94. The van der Waals surface area contributed by atoms with E-state index in [1.165, 1.54) is 11.9 Å². The van der Waals surface area contributed by atoms with Crippen LogP contribution in [-0.2, 0) is 22.4 Å². The lowest BCUT2D eigenvalue weighted by molar-refractivity contribution is -0.121. The summed E-state index contributed by atoms with van der Waals surface area (Å²) in [6, 6.07) is 10.3. The molecule has 0 aliphatic carbocycles. The van der Waals surface area contributed by atoms with Crippen molar-refractivity contribution >= 4 is 11.7 Å². The lowest BCUT2D eigenvalue weighted by atomic mass is 10.1. The van der Waals surface area contributed by atoms with Crippen LogP contribution in [-0.4, -0.2) is 45.2 Å². The molecule has 0 saturated heterocycles. The van der Waals surface area contributed by atoms with E-state index < -0.39 is 0 Å². The van der Waals surface area contributed by atoms with E-state index in [1.807, 2.05) is 32.0 Å². The van der Waals surface area contributed by atoms with Crippen molar-refractivity contribution in [2.24, 2.45) is 0 Å². The van der Waals surface area contributed by atoms with Gasteiger partial charge >= 0.3 is 0 Å². The number of rotatable bonds is 10. The number of fused-ring (bicyclic) bond motifs is 1. The maximum absolute atomic E-state index is 12.1. The van der Waals surface area contributed by atoms with Gasteiger partial charge in [0.1, 0.15) is 6.33 Å². The van der Waals surface area contributed by atoms with Crippen LogP contribution in [0.15, 0.2) is 36.7 Å². The Hall–Kier alpha value is -2.80. The maximum Gasteiger partial charge on any atom is 0.252 e. The highest BCUT2D eigenvalue weighted by Crippen LogP contribution is 2.14. The Kier molecular flexibility index (Phi) is 7.08. The van der Waals surface area contributed by atoms with Crippen LogP contribution in [0.5, 0.6) is 0 Å². The zero-order chi connectivity index (χ0) is 19.8. The molecule has 2 aromatic heterocycles. The lowest BCUT2D eigenvalue weighted by Crippen LogP contribution is -2.25. The third kappa shape index (κ3) is 5.36. The summed E-state index contributed by atoms with van der Waals surface area (Å²) in [7, 11) is 0. The van der Waals surface area contributed by atoms with Crippen LogP contribution in [0.2, 0.25) is 0 Å². The number of hydrogen-bond acceptors (Lipinski definition) is 5. The molecule has 7 nitrogen and oxygen atoms in total. The second-order valence-electron chi connectivity index (χ2n) is 6.78. The number of carbonyl (C=O) groups is 1. The topological polar surface area (TPSA) is 81.4 Å². The molecule has 0 fully saturated rings. The molecule has 0 radical (unpaired) electrons. The standard InChI is InChI=1S/C21H27N5O2/c1-16-19(17(2)26-21(25-16)23-15-24-26)9-10-20(27)22-12-6-13-28-14-11-18-7-4-3-5-8-18/h3-5,7-8,15H,6,9-14H2,1-2H3,(H,22,27). The third-order valence-electron chi connectivity index (χ3n) is 4.76. The van der Waals surface area contributed by atoms with Crippen molar-refractivity contribution in [3.8, 4) is 0 Å². The smallest absolute Gasteiger partial charge is 0.252 e. The molecule has 0 saturated carbocycles. The zero-order valence-electron chi connectivity index (χ0n) is 16.5. The van der Waals surface area contributed by atoms with Crippen molar-refractivity contribution in [1.82, 2.24) is 24.9 Å². The molecule has 0 spiro atoms. The van der Waals surface area contributed by atoms with Crippen molar-refractivity contribution in [3.63, 3.8) is 0 Å². The summed E-state index contributed by atoms with van der Waals surface area (Å²) in [5, 5.41) is 7.14. The van der Waals surface area contributed by atoms with E-state index in [4.69, 9.17) is 4.74 Å². The summed E-state index contributed by atoms with van der Waals surface area (Å²) in [5.41, 5.74) is 4.22. The average molecular weight is 381 g/mol.